The van der Waals surface area contributed by atoms with E-state index < -0.39 is 0 Å². The molecule has 2 atom stereocenters. The van der Waals surface area contributed by atoms with Gasteiger partial charge in [0, 0.05) is 66.2 Å². The summed E-state index contributed by atoms with van der Waals surface area (Å²) >= 11 is 0. The van der Waals surface area contributed by atoms with Gasteiger partial charge in [0.25, 0.3) is 0 Å². The maximum atomic E-state index is 4.68. The number of benzene rings is 1. The minimum absolute atomic E-state index is 0.540. The third-order valence-corrected chi connectivity index (χ3v) is 5.67. The van der Waals surface area contributed by atoms with Crippen LogP contribution in [0.3, 0.4) is 0 Å². The van der Waals surface area contributed by atoms with E-state index in [9.17, 15) is 0 Å². The second-order valence-electron chi connectivity index (χ2n) is 8.80. The Morgan fingerprint density at radius 2 is 1.38 bits per heavy atom. The van der Waals surface area contributed by atoms with Crippen molar-refractivity contribution in [1.29, 1.82) is 0 Å². The largest absolute Gasteiger partial charge is 0.363 e. The smallest absolute Gasteiger partial charge is 0.226 e. The highest BCUT2D eigenvalue weighted by molar-refractivity contribution is 5.42. The van der Waals surface area contributed by atoms with E-state index in [2.05, 4.69) is 56.3 Å². The summed E-state index contributed by atoms with van der Waals surface area (Å²) in [5, 5.41) is 0. The van der Waals surface area contributed by atoms with Crippen LogP contribution in [0.25, 0.3) is 0 Å². The lowest BCUT2D eigenvalue weighted by molar-refractivity contribution is 0.339. The van der Waals surface area contributed by atoms with Crippen LogP contribution in [-0.2, 0) is 0 Å². The number of anilines is 3. The van der Waals surface area contributed by atoms with Crippen molar-refractivity contribution in [2.75, 3.05) is 57.0 Å². The highest BCUT2D eigenvalue weighted by atomic mass is 15.2. The fourth-order valence-corrected chi connectivity index (χ4v) is 3.75. The third kappa shape index (κ3) is 5.72. The average molecular weight is 434 g/mol. The van der Waals surface area contributed by atoms with Crippen LogP contribution in [0.5, 0.6) is 0 Å². The topological polar surface area (TPSA) is 61.3 Å². The van der Waals surface area contributed by atoms with Crippen LogP contribution in [0, 0.1) is 6.92 Å². The Labute approximate surface area is 192 Å². The molecule has 1 aliphatic carbocycles. The first-order valence-corrected chi connectivity index (χ1v) is 11.0. The van der Waals surface area contributed by atoms with Gasteiger partial charge in [-0.1, -0.05) is 30.3 Å². The molecule has 2 aromatic heterocycles. The van der Waals surface area contributed by atoms with E-state index in [1.807, 2.05) is 70.0 Å². The Balaban J connectivity index is 0.000000207. The van der Waals surface area contributed by atoms with E-state index in [4.69, 9.17) is 0 Å². The third-order valence-electron chi connectivity index (χ3n) is 5.67. The van der Waals surface area contributed by atoms with Crippen molar-refractivity contribution in [3.8, 4) is 0 Å². The molecule has 0 saturated heterocycles. The van der Waals surface area contributed by atoms with Gasteiger partial charge in [-0.05, 0) is 37.3 Å². The molecule has 2 heterocycles. The van der Waals surface area contributed by atoms with Gasteiger partial charge in [-0.2, -0.15) is 4.98 Å². The predicted molar refractivity (Wildman–Crippen MR) is 133 cm³/mol. The molecule has 0 amide bonds. The van der Waals surface area contributed by atoms with Crippen molar-refractivity contribution in [1.82, 2.24) is 19.9 Å². The SMILES string of the molecule is CN(C)c1ccnc(N(C)C)n1.Cc1nc([C@H]2CCC2c2ccccc2)cc(N(C)C)n1. The molecule has 3 aromatic rings. The van der Waals surface area contributed by atoms with Crippen LogP contribution < -0.4 is 14.7 Å². The first-order valence-electron chi connectivity index (χ1n) is 11.0. The molecule has 1 unspecified atom stereocenters. The van der Waals surface area contributed by atoms with Crippen LogP contribution in [0.4, 0.5) is 17.6 Å². The summed E-state index contributed by atoms with van der Waals surface area (Å²) < 4.78 is 0. The predicted octanol–water partition coefficient (Wildman–Crippen LogP) is 4.12. The van der Waals surface area contributed by atoms with Crippen molar-refractivity contribution in [2.24, 2.45) is 0 Å². The van der Waals surface area contributed by atoms with Gasteiger partial charge >= 0.3 is 0 Å². The maximum absolute atomic E-state index is 4.68. The zero-order valence-corrected chi connectivity index (χ0v) is 20.3. The van der Waals surface area contributed by atoms with Crippen molar-refractivity contribution in [2.45, 2.75) is 31.6 Å². The number of hydrogen-bond acceptors (Lipinski definition) is 7. The summed E-state index contributed by atoms with van der Waals surface area (Å²) in [6, 6.07) is 14.8. The number of nitrogens with zero attached hydrogens (tertiary/aromatic N) is 7. The average Bonchev–Trinajstić information content (AvgIpc) is 2.74. The molecule has 0 aliphatic heterocycles. The van der Waals surface area contributed by atoms with Crippen LogP contribution in [0.1, 0.15) is 41.8 Å². The molecular formula is C25H35N7. The fourth-order valence-electron chi connectivity index (χ4n) is 3.75. The molecule has 1 aromatic carbocycles. The zero-order chi connectivity index (χ0) is 23.3. The normalized spacial score (nSPS) is 17.0. The summed E-state index contributed by atoms with van der Waals surface area (Å²) in [5.74, 6) is 4.68. The highest BCUT2D eigenvalue weighted by Crippen LogP contribution is 2.48. The Kier molecular flexibility index (Phi) is 7.62. The standard InChI is InChI=1S/C17H21N3.C8H14N4/c1-12-18-16(11-17(19-12)20(2)3)15-10-9-14(15)13-7-5-4-6-8-13;1-11(2)7-5-6-9-8(10-7)12(3)4/h4-8,11,14-15H,9-10H2,1-3H3;5-6H,1-4H3/t14?,15-;/m0./s1. The molecule has 7 heteroatoms. The molecule has 0 radical (unpaired) electrons. The van der Waals surface area contributed by atoms with E-state index in [0.29, 0.717) is 11.8 Å². The zero-order valence-electron chi connectivity index (χ0n) is 20.3. The van der Waals surface area contributed by atoms with Crippen molar-refractivity contribution >= 4 is 17.6 Å². The van der Waals surface area contributed by atoms with Crippen molar-refractivity contribution in [3.63, 3.8) is 0 Å². The van der Waals surface area contributed by atoms with E-state index in [-0.39, 0.29) is 0 Å². The van der Waals surface area contributed by atoms with Crippen LogP contribution in [0.2, 0.25) is 0 Å². The summed E-state index contributed by atoms with van der Waals surface area (Å²) in [7, 11) is 11.8. The van der Waals surface area contributed by atoms with Crippen molar-refractivity contribution in [3.05, 3.63) is 65.7 Å². The molecule has 32 heavy (non-hydrogen) atoms. The quantitative estimate of drug-likeness (QED) is 0.600. The molecule has 0 spiro atoms. The first-order chi connectivity index (χ1) is 15.3. The van der Waals surface area contributed by atoms with Crippen LogP contribution >= 0.6 is 0 Å². The molecule has 4 rings (SSSR count). The molecule has 1 aliphatic rings. The van der Waals surface area contributed by atoms with Crippen LogP contribution in [0.15, 0.2) is 48.7 Å². The Morgan fingerprint density at radius 1 is 0.719 bits per heavy atom. The van der Waals surface area contributed by atoms with E-state index in [1.165, 1.54) is 24.1 Å². The van der Waals surface area contributed by atoms with E-state index in [1.54, 1.807) is 6.20 Å². The highest BCUT2D eigenvalue weighted by Gasteiger charge is 2.34. The second-order valence-corrected chi connectivity index (χ2v) is 8.80. The van der Waals surface area contributed by atoms with Gasteiger partial charge in [0.15, 0.2) is 0 Å². The monoisotopic (exact) mass is 433 g/mol. The fraction of sp³-hybridized carbons (Fsp3) is 0.440. The Morgan fingerprint density at radius 3 is 1.94 bits per heavy atom. The van der Waals surface area contributed by atoms with Gasteiger partial charge in [0.2, 0.25) is 5.95 Å². The van der Waals surface area contributed by atoms with Gasteiger partial charge < -0.3 is 14.7 Å². The summed E-state index contributed by atoms with van der Waals surface area (Å²) in [4.78, 5) is 23.5. The molecule has 7 nitrogen and oxygen atoms in total. The van der Waals surface area contributed by atoms with E-state index in [0.717, 1.165) is 23.4 Å². The number of aryl methyl sites for hydroxylation is 1. The Hall–Kier alpha value is -3.22. The van der Waals surface area contributed by atoms with Gasteiger partial charge in [-0.25, -0.2) is 15.0 Å². The molecule has 1 saturated carbocycles. The number of aromatic nitrogens is 4. The lowest BCUT2D eigenvalue weighted by atomic mass is 9.68. The lowest BCUT2D eigenvalue weighted by Crippen LogP contribution is -2.24. The lowest BCUT2D eigenvalue weighted by Gasteiger charge is -2.37. The molecule has 0 bridgehead atoms. The maximum Gasteiger partial charge on any atom is 0.226 e. The molecule has 170 valence electrons. The molecular weight excluding hydrogens is 398 g/mol. The first kappa shape index (κ1) is 23.4. The summed E-state index contributed by atoms with van der Waals surface area (Å²) in [6.07, 6.45) is 4.25. The van der Waals surface area contributed by atoms with Gasteiger partial charge in [0.05, 0.1) is 0 Å². The molecule has 0 N–H and O–H groups in total. The van der Waals surface area contributed by atoms with Gasteiger partial charge in [-0.3, -0.25) is 0 Å². The van der Waals surface area contributed by atoms with E-state index >= 15 is 0 Å². The minimum Gasteiger partial charge on any atom is -0.363 e. The van der Waals surface area contributed by atoms with Crippen molar-refractivity contribution < 1.29 is 0 Å². The summed E-state index contributed by atoms with van der Waals surface area (Å²) in [6.45, 7) is 1.98. The second kappa shape index (κ2) is 10.4. The Bertz CT molecular complexity index is 979. The summed E-state index contributed by atoms with van der Waals surface area (Å²) in [5.41, 5.74) is 2.63. The number of hydrogen-bond donors (Lipinski definition) is 0. The van der Waals surface area contributed by atoms with Gasteiger partial charge in [0.1, 0.15) is 17.5 Å². The number of rotatable bonds is 5. The minimum atomic E-state index is 0.540. The van der Waals surface area contributed by atoms with Crippen LogP contribution in [-0.4, -0.2) is 62.2 Å². The van der Waals surface area contributed by atoms with Gasteiger partial charge in [-0.15, -0.1) is 0 Å². The molecule has 1 fully saturated rings.